The Labute approximate surface area is 197 Å². The number of aromatic nitrogens is 2. The number of aromatic amines is 1. The van der Waals surface area contributed by atoms with Crippen LogP contribution in [0.25, 0.3) is 11.3 Å². The molecule has 0 bridgehead atoms. The molecule has 1 aliphatic rings. The summed E-state index contributed by atoms with van der Waals surface area (Å²) >= 11 is 0. The minimum Gasteiger partial charge on any atom is -0.497 e. The molecule has 1 N–H and O–H groups in total. The lowest BCUT2D eigenvalue weighted by Gasteiger charge is -2.38. The van der Waals surface area contributed by atoms with E-state index in [9.17, 15) is 13.2 Å². The average molecular weight is 488 g/mol. The minimum atomic E-state index is -3.55. The number of ether oxygens (including phenoxy) is 4. The first-order chi connectivity index (χ1) is 16.3. The number of methoxy groups -OCH3 is 4. The maximum Gasteiger partial charge on any atom is 0.271 e. The van der Waals surface area contributed by atoms with Crippen molar-refractivity contribution in [3.8, 4) is 34.3 Å². The lowest BCUT2D eigenvalue weighted by atomic mass is 10.1. The molecule has 2 aromatic carbocycles. The summed E-state index contributed by atoms with van der Waals surface area (Å²) in [6.07, 6.45) is 0. The van der Waals surface area contributed by atoms with Crippen molar-refractivity contribution in [2.75, 3.05) is 41.5 Å². The van der Waals surface area contributed by atoms with E-state index in [0.29, 0.717) is 34.3 Å². The average Bonchev–Trinajstić information content (AvgIpc) is 3.32. The van der Waals surface area contributed by atoms with E-state index in [-0.39, 0.29) is 29.6 Å². The van der Waals surface area contributed by atoms with Crippen LogP contribution in [0.15, 0.2) is 47.4 Å². The van der Waals surface area contributed by atoms with Crippen LogP contribution in [0.5, 0.6) is 23.0 Å². The second-order valence-corrected chi connectivity index (χ2v) is 9.86. The number of hydrogen-bond donors (Lipinski definition) is 1. The minimum absolute atomic E-state index is 0.103. The lowest BCUT2D eigenvalue weighted by molar-refractivity contribution is 0.0652. The Kier molecular flexibility index (Phi) is 6.38. The van der Waals surface area contributed by atoms with Gasteiger partial charge in [0, 0.05) is 18.7 Å². The number of amides is 1. The van der Waals surface area contributed by atoms with Gasteiger partial charge >= 0.3 is 0 Å². The van der Waals surface area contributed by atoms with Crippen molar-refractivity contribution in [3.05, 3.63) is 48.2 Å². The Morgan fingerprint density at radius 1 is 0.941 bits per heavy atom. The van der Waals surface area contributed by atoms with Crippen LogP contribution in [0.2, 0.25) is 0 Å². The highest BCUT2D eigenvalue weighted by Crippen LogP contribution is 2.41. The summed E-state index contributed by atoms with van der Waals surface area (Å²) in [4.78, 5) is 14.6. The first-order valence-electron chi connectivity index (χ1n) is 10.3. The summed E-state index contributed by atoms with van der Waals surface area (Å²) in [6, 6.07) is 11.3. The second-order valence-electron chi connectivity index (χ2n) is 7.63. The van der Waals surface area contributed by atoms with Crippen LogP contribution in [0, 0.1) is 0 Å². The molecule has 1 aliphatic heterocycles. The van der Waals surface area contributed by atoms with E-state index >= 15 is 0 Å². The standard InChI is InChI=1S/C23H25N3O7S/c1-30-15-5-7-16(8-6-15)34(28,29)17-12-26(13-17)23(27)19-11-18(24-25-19)14-9-20(31-2)22(33-4)21(10-14)32-3/h5-11,17H,12-13H2,1-4H3,(H,24,25). The molecule has 1 saturated heterocycles. The third-order valence-electron chi connectivity index (χ3n) is 5.73. The van der Waals surface area contributed by atoms with Crippen LogP contribution in [0.4, 0.5) is 0 Å². The Bertz CT molecular complexity index is 1270. The Morgan fingerprint density at radius 2 is 1.56 bits per heavy atom. The molecule has 10 nitrogen and oxygen atoms in total. The smallest absolute Gasteiger partial charge is 0.271 e. The molecule has 0 spiro atoms. The van der Waals surface area contributed by atoms with E-state index in [4.69, 9.17) is 18.9 Å². The third-order valence-corrected chi connectivity index (χ3v) is 7.84. The molecule has 1 fully saturated rings. The number of hydrogen-bond acceptors (Lipinski definition) is 8. The summed E-state index contributed by atoms with van der Waals surface area (Å²) in [5, 5.41) is 6.30. The van der Waals surface area contributed by atoms with Gasteiger partial charge in [0.2, 0.25) is 5.75 Å². The van der Waals surface area contributed by atoms with Crippen molar-refractivity contribution < 1.29 is 32.2 Å². The quantitative estimate of drug-likeness (QED) is 0.514. The van der Waals surface area contributed by atoms with E-state index < -0.39 is 15.1 Å². The topological polar surface area (TPSA) is 120 Å². The Hall–Kier alpha value is -3.73. The van der Waals surface area contributed by atoms with Gasteiger partial charge in [0.05, 0.1) is 39.0 Å². The number of rotatable bonds is 8. The Balaban J connectivity index is 1.48. The normalized spacial score (nSPS) is 13.8. The van der Waals surface area contributed by atoms with Crippen molar-refractivity contribution >= 4 is 15.7 Å². The lowest BCUT2D eigenvalue weighted by Crippen LogP contribution is -2.56. The molecule has 1 amide bonds. The predicted octanol–water partition coefficient (Wildman–Crippen LogP) is 2.41. The largest absolute Gasteiger partial charge is 0.497 e. The van der Waals surface area contributed by atoms with Gasteiger partial charge in [0.25, 0.3) is 5.91 Å². The third kappa shape index (κ3) is 4.14. The van der Waals surface area contributed by atoms with Crippen LogP contribution in [-0.2, 0) is 9.84 Å². The number of H-pyrrole nitrogens is 1. The maximum absolute atomic E-state index is 12.9. The number of nitrogens with zero attached hydrogens (tertiary/aromatic N) is 2. The highest BCUT2D eigenvalue weighted by atomic mass is 32.2. The number of benzene rings is 2. The van der Waals surface area contributed by atoms with Crippen molar-refractivity contribution in [1.29, 1.82) is 0 Å². The fourth-order valence-corrected chi connectivity index (χ4v) is 5.39. The summed E-state index contributed by atoms with van der Waals surface area (Å²) in [7, 11) is 2.51. The molecular weight excluding hydrogens is 462 g/mol. The van der Waals surface area contributed by atoms with Crippen LogP contribution < -0.4 is 18.9 Å². The van der Waals surface area contributed by atoms with Gasteiger partial charge in [0.15, 0.2) is 21.3 Å². The fourth-order valence-electron chi connectivity index (χ4n) is 3.74. The number of carbonyl (C=O) groups excluding carboxylic acids is 1. The van der Waals surface area contributed by atoms with Gasteiger partial charge in [-0.2, -0.15) is 5.10 Å². The van der Waals surface area contributed by atoms with Crippen LogP contribution >= 0.6 is 0 Å². The predicted molar refractivity (Wildman–Crippen MR) is 124 cm³/mol. The van der Waals surface area contributed by atoms with Gasteiger partial charge in [0.1, 0.15) is 16.7 Å². The molecule has 0 unspecified atom stereocenters. The zero-order valence-electron chi connectivity index (χ0n) is 19.2. The van der Waals surface area contributed by atoms with Crippen molar-refractivity contribution in [3.63, 3.8) is 0 Å². The fraction of sp³-hybridized carbons (Fsp3) is 0.304. The molecule has 1 aromatic heterocycles. The Morgan fingerprint density at radius 3 is 2.09 bits per heavy atom. The monoisotopic (exact) mass is 487 g/mol. The van der Waals surface area contributed by atoms with Crippen molar-refractivity contribution in [1.82, 2.24) is 15.1 Å². The number of carbonyl (C=O) groups is 1. The van der Waals surface area contributed by atoms with Crippen molar-refractivity contribution in [2.45, 2.75) is 10.1 Å². The molecule has 11 heteroatoms. The molecule has 0 saturated carbocycles. The van der Waals surface area contributed by atoms with Gasteiger partial charge in [-0.1, -0.05) is 0 Å². The van der Waals surface area contributed by atoms with Gasteiger partial charge in [-0.05, 0) is 42.5 Å². The summed E-state index contributed by atoms with van der Waals surface area (Å²) in [5.74, 6) is 1.62. The summed E-state index contributed by atoms with van der Waals surface area (Å²) in [5.41, 5.74) is 1.42. The zero-order valence-corrected chi connectivity index (χ0v) is 20.0. The van der Waals surface area contributed by atoms with Crippen molar-refractivity contribution in [2.24, 2.45) is 0 Å². The van der Waals surface area contributed by atoms with Crippen LogP contribution in [0.3, 0.4) is 0 Å². The van der Waals surface area contributed by atoms with E-state index in [0.717, 1.165) is 0 Å². The molecule has 4 rings (SSSR count). The van der Waals surface area contributed by atoms with Crippen LogP contribution in [0.1, 0.15) is 10.5 Å². The first kappa shape index (κ1) is 23.4. The first-order valence-corrected chi connectivity index (χ1v) is 11.9. The maximum atomic E-state index is 12.9. The highest BCUT2D eigenvalue weighted by molar-refractivity contribution is 7.92. The molecule has 34 heavy (non-hydrogen) atoms. The number of nitrogens with one attached hydrogen (secondary N) is 1. The van der Waals surface area contributed by atoms with E-state index in [1.165, 1.54) is 45.5 Å². The summed E-state index contributed by atoms with van der Waals surface area (Å²) < 4.78 is 46.8. The molecule has 0 aliphatic carbocycles. The summed E-state index contributed by atoms with van der Waals surface area (Å²) in [6.45, 7) is 0.206. The van der Waals surface area contributed by atoms with Crippen LogP contribution in [-0.4, -0.2) is 76.2 Å². The van der Waals surface area contributed by atoms with E-state index in [1.54, 1.807) is 30.3 Å². The van der Waals surface area contributed by atoms with Gasteiger partial charge in [-0.15, -0.1) is 0 Å². The van der Waals surface area contributed by atoms with Gasteiger partial charge < -0.3 is 23.8 Å². The van der Waals surface area contributed by atoms with Gasteiger partial charge in [-0.25, -0.2) is 8.42 Å². The zero-order chi connectivity index (χ0) is 24.5. The molecule has 0 atom stereocenters. The second kappa shape index (κ2) is 9.26. The molecule has 0 radical (unpaired) electrons. The van der Waals surface area contributed by atoms with E-state index in [1.807, 2.05) is 0 Å². The number of sulfone groups is 1. The highest BCUT2D eigenvalue weighted by Gasteiger charge is 2.41. The van der Waals surface area contributed by atoms with Gasteiger partial charge in [-0.3, -0.25) is 9.89 Å². The number of likely N-dealkylation sites (tertiary alicyclic amines) is 1. The molecule has 3 aromatic rings. The molecular formula is C23H25N3O7S. The van der Waals surface area contributed by atoms with E-state index in [2.05, 4.69) is 10.2 Å². The molecule has 2 heterocycles. The SMILES string of the molecule is COc1ccc(S(=O)(=O)C2CN(C(=O)c3cc(-c4cc(OC)c(OC)c(OC)c4)n[nH]3)C2)cc1. The molecule has 180 valence electrons.